The third kappa shape index (κ3) is 27.8. The largest absolute Gasteiger partial charge is 0.472 e. The van der Waals surface area contributed by atoms with Crippen molar-refractivity contribution in [3.05, 3.63) is 24.3 Å². The van der Waals surface area contributed by atoms with E-state index >= 15 is 0 Å². The fourth-order valence-electron chi connectivity index (χ4n) is 3.39. The van der Waals surface area contributed by atoms with Crippen molar-refractivity contribution in [2.45, 2.75) is 103 Å². The number of unbranched alkanes of at least 4 members (excludes halogenated alkanes) is 10. The van der Waals surface area contributed by atoms with Gasteiger partial charge in [-0.25, -0.2) is 4.57 Å². The normalized spacial score (nSPS) is 14.9. The number of ether oxygens (including phenoxy) is 1. The standard InChI is InChI=1S/C28H54NO7P/c1-5-6-7-8-9-10-11-12-13-14-15-16-17-18-19-20-21-22-28(31)34-25-27(30)26-36-37(32,33)35-24-23-29(2,3)4/h9-10,12-13,27,30H,5-8,11,14-26H2,1-4H3/p+1/b10-9-,13-12-. The zero-order valence-electron chi connectivity index (χ0n) is 23.9. The Labute approximate surface area is 226 Å². The van der Waals surface area contributed by atoms with Crippen LogP contribution in [0, 0.1) is 0 Å². The fourth-order valence-corrected chi connectivity index (χ4v) is 4.14. The van der Waals surface area contributed by atoms with Crippen LogP contribution >= 0.6 is 7.82 Å². The van der Waals surface area contributed by atoms with Crippen molar-refractivity contribution in [2.75, 3.05) is 47.5 Å². The number of nitrogens with zero attached hydrogens (tertiary/aromatic N) is 1. The first-order chi connectivity index (χ1) is 17.6. The highest BCUT2D eigenvalue weighted by molar-refractivity contribution is 7.47. The molecular formula is C28H55NO7P+. The van der Waals surface area contributed by atoms with Crippen LogP contribution in [0.1, 0.15) is 96.8 Å². The highest BCUT2D eigenvalue weighted by Crippen LogP contribution is 2.43. The van der Waals surface area contributed by atoms with Crippen molar-refractivity contribution in [3.63, 3.8) is 0 Å². The average Bonchev–Trinajstić information content (AvgIpc) is 2.82. The maximum Gasteiger partial charge on any atom is 0.472 e. The lowest BCUT2D eigenvalue weighted by molar-refractivity contribution is -0.870. The predicted octanol–water partition coefficient (Wildman–Crippen LogP) is 6.32. The van der Waals surface area contributed by atoms with Gasteiger partial charge in [0.15, 0.2) is 0 Å². The Morgan fingerprint density at radius 2 is 1.41 bits per heavy atom. The average molecular weight is 549 g/mol. The molecular weight excluding hydrogens is 493 g/mol. The van der Waals surface area contributed by atoms with Crippen molar-refractivity contribution in [1.29, 1.82) is 0 Å². The van der Waals surface area contributed by atoms with E-state index in [0.29, 0.717) is 17.4 Å². The van der Waals surface area contributed by atoms with E-state index in [1.165, 1.54) is 51.4 Å². The van der Waals surface area contributed by atoms with Gasteiger partial charge >= 0.3 is 13.8 Å². The quantitative estimate of drug-likeness (QED) is 0.0452. The first-order valence-electron chi connectivity index (χ1n) is 14.1. The summed E-state index contributed by atoms with van der Waals surface area (Å²) in [6.07, 6.45) is 23.2. The lowest BCUT2D eigenvalue weighted by atomic mass is 10.1. The zero-order valence-corrected chi connectivity index (χ0v) is 24.8. The second-order valence-electron chi connectivity index (χ2n) is 10.6. The fraction of sp³-hybridized carbons (Fsp3) is 0.821. The minimum atomic E-state index is -4.24. The highest BCUT2D eigenvalue weighted by atomic mass is 31.2. The number of rotatable bonds is 25. The van der Waals surface area contributed by atoms with E-state index < -0.39 is 20.5 Å². The summed E-state index contributed by atoms with van der Waals surface area (Å²) >= 11 is 0. The summed E-state index contributed by atoms with van der Waals surface area (Å²) in [5.74, 6) is -0.381. The van der Waals surface area contributed by atoms with Crippen molar-refractivity contribution >= 4 is 13.8 Å². The number of hydrogen-bond acceptors (Lipinski definition) is 6. The maximum absolute atomic E-state index is 11.8. The molecule has 9 heteroatoms. The zero-order chi connectivity index (χ0) is 27.8. The molecule has 0 aliphatic rings. The van der Waals surface area contributed by atoms with E-state index in [2.05, 4.69) is 31.2 Å². The molecule has 0 saturated carbocycles. The Bertz CT molecular complexity index is 661. The van der Waals surface area contributed by atoms with Gasteiger partial charge in [0.05, 0.1) is 27.7 Å². The van der Waals surface area contributed by atoms with Gasteiger partial charge in [-0.3, -0.25) is 13.8 Å². The molecule has 0 aromatic heterocycles. The van der Waals surface area contributed by atoms with E-state index in [1.807, 2.05) is 21.1 Å². The van der Waals surface area contributed by atoms with Crippen LogP contribution in [0.4, 0.5) is 0 Å². The molecule has 0 saturated heterocycles. The Hall–Kier alpha value is -1.02. The van der Waals surface area contributed by atoms with Gasteiger partial charge in [0.1, 0.15) is 25.9 Å². The van der Waals surface area contributed by atoms with Crippen LogP contribution in [-0.2, 0) is 23.1 Å². The molecule has 0 radical (unpaired) electrons. The van der Waals surface area contributed by atoms with Crippen LogP contribution in [0.3, 0.4) is 0 Å². The van der Waals surface area contributed by atoms with Crippen molar-refractivity contribution in [1.82, 2.24) is 0 Å². The molecule has 0 heterocycles. The molecule has 0 fully saturated rings. The molecule has 0 aliphatic heterocycles. The van der Waals surface area contributed by atoms with Crippen molar-refractivity contribution in [3.8, 4) is 0 Å². The van der Waals surface area contributed by atoms with E-state index in [-0.39, 0.29) is 19.2 Å². The van der Waals surface area contributed by atoms with E-state index in [9.17, 15) is 19.4 Å². The van der Waals surface area contributed by atoms with E-state index in [4.69, 9.17) is 13.8 Å². The molecule has 2 atom stereocenters. The molecule has 37 heavy (non-hydrogen) atoms. The molecule has 8 nitrogen and oxygen atoms in total. The topological polar surface area (TPSA) is 102 Å². The molecule has 0 aromatic rings. The van der Waals surface area contributed by atoms with Crippen LogP contribution in [0.15, 0.2) is 24.3 Å². The number of hydrogen-bond donors (Lipinski definition) is 2. The highest BCUT2D eigenvalue weighted by Gasteiger charge is 2.24. The van der Waals surface area contributed by atoms with Crippen molar-refractivity contribution < 1.29 is 37.6 Å². The molecule has 0 aromatic carbocycles. The van der Waals surface area contributed by atoms with Crippen LogP contribution in [0.5, 0.6) is 0 Å². The number of phosphoric acid groups is 1. The first-order valence-corrected chi connectivity index (χ1v) is 15.6. The predicted molar refractivity (Wildman–Crippen MR) is 150 cm³/mol. The Kier molecular flexibility index (Phi) is 22.3. The third-order valence-corrected chi connectivity index (χ3v) is 6.70. The van der Waals surface area contributed by atoms with Crippen LogP contribution in [0.25, 0.3) is 0 Å². The minimum Gasteiger partial charge on any atom is -0.463 e. The number of allylic oxidation sites excluding steroid dienone is 4. The lowest BCUT2D eigenvalue weighted by Crippen LogP contribution is -2.37. The smallest absolute Gasteiger partial charge is 0.463 e. The number of likely N-dealkylation sites (N-methyl/N-ethyl adjacent to an activating group) is 1. The van der Waals surface area contributed by atoms with E-state index in [1.54, 1.807) is 0 Å². The van der Waals surface area contributed by atoms with Gasteiger partial charge in [-0.1, -0.05) is 76.2 Å². The summed E-state index contributed by atoms with van der Waals surface area (Å²) in [7, 11) is 1.55. The number of carbonyl (C=O) groups excluding carboxylic acids is 1. The first kappa shape index (κ1) is 36.0. The summed E-state index contributed by atoms with van der Waals surface area (Å²) in [5.41, 5.74) is 0. The molecule has 2 unspecified atom stereocenters. The van der Waals surface area contributed by atoms with Crippen LogP contribution in [-0.4, -0.2) is 74.1 Å². The van der Waals surface area contributed by atoms with Crippen LogP contribution < -0.4 is 0 Å². The van der Waals surface area contributed by atoms with Gasteiger partial charge in [0, 0.05) is 6.42 Å². The van der Waals surface area contributed by atoms with Crippen LogP contribution in [0.2, 0.25) is 0 Å². The maximum atomic E-state index is 11.8. The summed E-state index contributed by atoms with van der Waals surface area (Å²) in [6.45, 7) is 2.09. The Balaban J connectivity index is 3.58. The summed E-state index contributed by atoms with van der Waals surface area (Å²) < 4.78 is 27.1. The van der Waals surface area contributed by atoms with Gasteiger partial charge in [-0.2, -0.15) is 0 Å². The number of aliphatic hydroxyl groups excluding tert-OH is 1. The number of quaternary nitrogens is 1. The van der Waals surface area contributed by atoms with E-state index in [0.717, 1.165) is 32.1 Å². The Morgan fingerprint density at radius 3 is 2.00 bits per heavy atom. The van der Waals surface area contributed by atoms with Gasteiger partial charge in [-0.05, 0) is 38.5 Å². The molecule has 0 bridgehead atoms. The second kappa shape index (κ2) is 22.9. The van der Waals surface area contributed by atoms with Gasteiger partial charge in [0.25, 0.3) is 0 Å². The lowest BCUT2D eigenvalue weighted by Gasteiger charge is -2.24. The number of esters is 1. The molecule has 0 spiro atoms. The third-order valence-electron chi connectivity index (χ3n) is 5.71. The summed E-state index contributed by atoms with van der Waals surface area (Å²) in [4.78, 5) is 21.5. The minimum absolute atomic E-state index is 0.0526. The molecule has 0 aliphatic carbocycles. The van der Waals surface area contributed by atoms with Gasteiger partial charge < -0.3 is 19.2 Å². The second-order valence-corrected chi connectivity index (χ2v) is 12.1. The van der Waals surface area contributed by atoms with Gasteiger partial charge in [0.2, 0.25) is 0 Å². The number of aliphatic hydroxyl groups is 1. The summed E-state index contributed by atoms with van der Waals surface area (Å²) in [6, 6.07) is 0. The van der Waals surface area contributed by atoms with Crippen molar-refractivity contribution in [2.24, 2.45) is 0 Å². The van der Waals surface area contributed by atoms with Gasteiger partial charge in [-0.15, -0.1) is 0 Å². The molecule has 0 amide bonds. The monoisotopic (exact) mass is 548 g/mol. The SMILES string of the molecule is CCCCC/C=C\C/C=C\CCCCCCCCCC(=O)OCC(O)COP(=O)(O)OCC[N+](C)(C)C. The Morgan fingerprint density at radius 1 is 0.838 bits per heavy atom. The number of carbonyl (C=O) groups is 1. The number of phosphoric ester groups is 1. The molecule has 218 valence electrons. The summed E-state index contributed by atoms with van der Waals surface area (Å²) in [5, 5.41) is 9.84. The molecule has 0 rings (SSSR count). The molecule has 2 N–H and O–H groups in total.